The van der Waals surface area contributed by atoms with Gasteiger partial charge in [-0.3, -0.25) is 0 Å². The zero-order chi connectivity index (χ0) is 9.42. The summed E-state index contributed by atoms with van der Waals surface area (Å²) in [5.74, 6) is -0.186. The van der Waals surface area contributed by atoms with Gasteiger partial charge in [0.25, 0.3) is 0 Å². The van der Waals surface area contributed by atoms with Crippen LogP contribution in [0.15, 0.2) is 18.2 Å². The van der Waals surface area contributed by atoms with E-state index in [1.165, 1.54) is 12.1 Å². The molecule has 0 saturated carbocycles. The Balaban J connectivity index is 2.44. The number of anilines is 2. The first kappa shape index (κ1) is 8.35. The fourth-order valence-electron chi connectivity index (χ4n) is 1.59. The van der Waals surface area contributed by atoms with Crippen molar-refractivity contribution in [3.8, 4) is 0 Å². The van der Waals surface area contributed by atoms with Crippen LogP contribution in [0.3, 0.4) is 0 Å². The normalized spacial score (nSPS) is 20.8. The number of rotatable bonds is 0. The Bertz CT molecular complexity index is 325. The van der Waals surface area contributed by atoms with Crippen molar-refractivity contribution in [2.24, 2.45) is 0 Å². The van der Waals surface area contributed by atoms with E-state index in [1.54, 1.807) is 0 Å². The molecule has 1 heterocycles. The molecule has 0 aromatic heterocycles. The third-order valence-electron chi connectivity index (χ3n) is 2.59. The van der Waals surface area contributed by atoms with Gasteiger partial charge in [0.05, 0.1) is 11.4 Å². The quantitative estimate of drug-likeness (QED) is 0.657. The van der Waals surface area contributed by atoms with E-state index in [0.717, 1.165) is 17.9 Å². The smallest absolute Gasteiger partial charge is 0.125 e. The van der Waals surface area contributed by atoms with Crippen molar-refractivity contribution in [2.75, 3.05) is 23.8 Å². The van der Waals surface area contributed by atoms with Gasteiger partial charge < -0.3 is 10.2 Å². The van der Waals surface area contributed by atoms with E-state index in [4.69, 9.17) is 0 Å². The van der Waals surface area contributed by atoms with E-state index in [2.05, 4.69) is 17.1 Å². The van der Waals surface area contributed by atoms with Gasteiger partial charge in [-0.1, -0.05) is 0 Å². The predicted octanol–water partition coefficient (Wildman–Crippen LogP) is 2.08. The molecule has 70 valence electrons. The molecule has 0 spiro atoms. The summed E-state index contributed by atoms with van der Waals surface area (Å²) in [7, 11) is 2.03. The molecule has 0 bridgehead atoms. The summed E-state index contributed by atoms with van der Waals surface area (Å²) in [6.07, 6.45) is 0. The molecule has 0 fully saturated rings. The van der Waals surface area contributed by atoms with Crippen LogP contribution in [-0.2, 0) is 0 Å². The molecule has 13 heavy (non-hydrogen) atoms. The minimum atomic E-state index is -0.186. The van der Waals surface area contributed by atoms with Gasteiger partial charge in [0.2, 0.25) is 0 Å². The van der Waals surface area contributed by atoms with Crippen LogP contribution in [-0.4, -0.2) is 19.6 Å². The highest BCUT2D eigenvalue weighted by molar-refractivity contribution is 5.72. The first-order valence-electron chi connectivity index (χ1n) is 4.45. The van der Waals surface area contributed by atoms with Gasteiger partial charge in [0.1, 0.15) is 5.82 Å². The molecular weight excluding hydrogens is 167 g/mol. The molecule has 1 aliphatic rings. The third kappa shape index (κ3) is 1.34. The van der Waals surface area contributed by atoms with Gasteiger partial charge >= 0.3 is 0 Å². The average molecular weight is 180 g/mol. The largest absolute Gasteiger partial charge is 0.381 e. The van der Waals surface area contributed by atoms with Gasteiger partial charge in [0.15, 0.2) is 0 Å². The van der Waals surface area contributed by atoms with Crippen molar-refractivity contribution in [2.45, 2.75) is 13.0 Å². The topological polar surface area (TPSA) is 15.3 Å². The number of nitrogens with zero attached hydrogens (tertiary/aromatic N) is 1. The van der Waals surface area contributed by atoms with Crippen molar-refractivity contribution >= 4 is 11.4 Å². The molecule has 1 atom stereocenters. The van der Waals surface area contributed by atoms with Crippen LogP contribution in [0.25, 0.3) is 0 Å². The zero-order valence-corrected chi connectivity index (χ0v) is 7.84. The summed E-state index contributed by atoms with van der Waals surface area (Å²) in [6, 6.07) is 5.30. The van der Waals surface area contributed by atoms with E-state index >= 15 is 0 Å². The van der Waals surface area contributed by atoms with Gasteiger partial charge in [-0.2, -0.15) is 0 Å². The van der Waals surface area contributed by atoms with Gasteiger partial charge in [-0.15, -0.1) is 0 Å². The van der Waals surface area contributed by atoms with E-state index < -0.39 is 0 Å². The second-order valence-electron chi connectivity index (χ2n) is 3.50. The monoisotopic (exact) mass is 180 g/mol. The fourth-order valence-corrected chi connectivity index (χ4v) is 1.59. The van der Waals surface area contributed by atoms with Gasteiger partial charge in [0, 0.05) is 19.6 Å². The molecule has 1 aromatic carbocycles. The van der Waals surface area contributed by atoms with Crippen LogP contribution in [0.5, 0.6) is 0 Å². The highest BCUT2D eigenvalue weighted by Crippen LogP contribution is 2.30. The predicted molar refractivity (Wildman–Crippen MR) is 52.8 cm³/mol. The molecule has 0 amide bonds. The number of fused-ring (bicyclic) bond motifs is 1. The number of halogens is 1. The lowest BCUT2D eigenvalue weighted by Crippen LogP contribution is -2.39. The second-order valence-corrected chi connectivity index (χ2v) is 3.50. The molecule has 3 heteroatoms. The van der Waals surface area contributed by atoms with Crippen LogP contribution in [0.1, 0.15) is 6.92 Å². The van der Waals surface area contributed by atoms with Crippen molar-refractivity contribution in [3.05, 3.63) is 24.0 Å². The summed E-state index contributed by atoms with van der Waals surface area (Å²) in [6.45, 7) is 3.01. The van der Waals surface area contributed by atoms with Crippen LogP contribution < -0.4 is 10.2 Å². The highest BCUT2D eigenvalue weighted by atomic mass is 19.1. The summed E-state index contributed by atoms with van der Waals surface area (Å²) < 4.78 is 12.9. The van der Waals surface area contributed by atoms with Crippen LogP contribution in [0, 0.1) is 5.82 Å². The molecule has 1 aromatic rings. The first-order chi connectivity index (χ1) is 6.18. The molecule has 2 rings (SSSR count). The summed E-state index contributed by atoms with van der Waals surface area (Å²) in [4.78, 5) is 2.16. The van der Waals surface area contributed by atoms with Crippen molar-refractivity contribution < 1.29 is 4.39 Å². The number of nitrogens with one attached hydrogen (secondary N) is 1. The van der Waals surface area contributed by atoms with E-state index in [0.29, 0.717) is 6.04 Å². The maximum Gasteiger partial charge on any atom is 0.125 e. The molecule has 2 nitrogen and oxygen atoms in total. The van der Waals surface area contributed by atoms with Crippen molar-refractivity contribution in [1.82, 2.24) is 0 Å². The Hall–Kier alpha value is -1.25. The Labute approximate surface area is 77.4 Å². The molecular formula is C10H13FN2. The molecule has 1 N–H and O–H groups in total. The van der Waals surface area contributed by atoms with Gasteiger partial charge in [-0.05, 0) is 25.1 Å². The maximum atomic E-state index is 12.9. The third-order valence-corrected chi connectivity index (χ3v) is 2.59. The molecule has 0 aliphatic carbocycles. The molecule has 1 aliphatic heterocycles. The first-order valence-corrected chi connectivity index (χ1v) is 4.45. The maximum absolute atomic E-state index is 12.9. The van der Waals surface area contributed by atoms with E-state index in [-0.39, 0.29) is 5.82 Å². The Kier molecular flexibility index (Phi) is 1.87. The van der Waals surface area contributed by atoms with Gasteiger partial charge in [-0.25, -0.2) is 4.39 Å². The number of benzene rings is 1. The Morgan fingerprint density at radius 3 is 3.08 bits per heavy atom. The van der Waals surface area contributed by atoms with E-state index in [9.17, 15) is 4.39 Å². The van der Waals surface area contributed by atoms with Crippen LogP contribution in [0.2, 0.25) is 0 Å². The summed E-state index contributed by atoms with van der Waals surface area (Å²) >= 11 is 0. The van der Waals surface area contributed by atoms with Crippen LogP contribution in [0.4, 0.5) is 15.8 Å². The average Bonchev–Trinajstić information content (AvgIpc) is 2.12. The lowest BCUT2D eigenvalue weighted by atomic mass is 10.1. The second kappa shape index (κ2) is 2.91. The van der Waals surface area contributed by atoms with Crippen molar-refractivity contribution in [1.29, 1.82) is 0 Å². The van der Waals surface area contributed by atoms with Crippen LogP contribution >= 0.6 is 0 Å². The molecule has 0 saturated heterocycles. The lowest BCUT2D eigenvalue weighted by molar-refractivity contribution is 0.624. The minimum Gasteiger partial charge on any atom is -0.381 e. The van der Waals surface area contributed by atoms with Crippen molar-refractivity contribution in [3.63, 3.8) is 0 Å². The number of hydrogen-bond acceptors (Lipinski definition) is 2. The SMILES string of the molecule is CC1CNc2cc(F)ccc2N1C. The lowest BCUT2D eigenvalue weighted by Gasteiger charge is -2.34. The summed E-state index contributed by atoms with van der Waals surface area (Å²) in [5.41, 5.74) is 1.96. The zero-order valence-electron chi connectivity index (χ0n) is 7.84. The van der Waals surface area contributed by atoms with E-state index in [1.807, 2.05) is 13.1 Å². The Morgan fingerprint density at radius 1 is 1.54 bits per heavy atom. The highest BCUT2D eigenvalue weighted by Gasteiger charge is 2.19. The standard InChI is InChI=1S/C10H13FN2/c1-7-6-12-9-5-8(11)3-4-10(9)13(7)2/h3-5,7,12H,6H2,1-2H3. The molecule has 1 unspecified atom stereocenters. The number of hydrogen-bond donors (Lipinski definition) is 1. The Morgan fingerprint density at radius 2 is 2.31 bits per heavy atom. The fraction of sp³-hybridized carbons (Fsp3) is 0.400. The molecule has 0 radical (unpaired) electrons. The summed E-state index contributed by atoms with van der Waals surface area (Å²) in [5, 5.41) is 3.20. The minimum absolute atomic E-state index is 0.186. The number of likely N-dealkylation sites (N-methyl/N-ethyl adjacent to an activating group) is 1.